The van der Waals surface area contributed by atoms with Crippen LogP contribution in [0.15, 0.2) is 24.4 Å². The normalized spacial score (nSPS) is 23.5. The number of fused-ring (bicyclic) bond motifs is 1. The first kappa shape index (κ1) is 14.0. The number of aromatic amines is 1. The van der Waals surface area contributed by atoms with E-state index >= 15 is 0 Å². The predicted molar refractivity (Wildman–Crippen MR) is 80.2 cm³/mol. The van der Waals surface area contributed by atoms with Crippen molar-refractivity contribution in [2.45, 2.75) is 32.6 Å². The zero-order valence-electron chi connectivity index (χ0n) is 12.2. The molecule has 1 aliphatic rings. The Bertz CT molecular complexity index is 657. The lowest BCUT2D eigenvalue weighted by Crippen LogP contribution is -2.44. The van der Waals surface area contributed by atoms with Crippen LogP contribution in [0.1, 0.15) is 19.4 Å². The summed E-state index contributed by atoms with van der Waals surface area (Å²) in [6.45, 7) is 6.81. The van der Waals surface area contributed by atoms with E-state index < -0.39 is 0 Å². The molecule has 1 aliphatic heterocycles. The number of aromatic nitrogens is 1. The quantitative estimate of drug-likeness (QED) is 0.696. The summed E-state index contributed by atoms with van der Waals surface area (Å²) in [5.74, 6) is 0. The van der Waals surface area contributed by atoms with Crippen molar-refractivity contribution in [3.63, 3.8) is 0 Å². The van der Waals surface area contributed by atoms with Gasteiger partial charge in [-0.2, -0.15) is 0 Å². The summed E-state index contributed by atoms with van der Waals surface area (Å²) in [7, 11) is 0. The number of hydrogen-bond acceptors (Lipinski definition) is 4. The van der Waals surface area contributed by atoms with E-state index in [1.165, 1.54) is 5.56 Å². The number of nitrogens with zero attached hydrogens (tertiary/aromatic N) is 2. The van der Waals surface area contributed by atoms with Crippen LogP contribution in [0.4, 0.5) is 5.69 Å². The molecule has 1 aromatic carbocycles. The highest BCUT2D eigenvalue weighted by Crippen LogP contribution is 2.25. The van der Waals surface area contributed by atoms with Crippen molar-refractivity contribution in [1.29, 1.82) is 0 Å². The standard InChI is InChI=1S/C15H19N3O3/c1-10-7-17(8-11(2)21-10)9-12-6-16-15-5-13(18(19)20)3-4-14(12)15/h3-6,10-11,16H,7-9H2,1-2H3/t10-,11-/m1/s1. The largest absolute Gasteiger partial charge is 0.373 e. The summed E-state index contributed by atoms with van der Waals surface area (Å²) in [4.78, 5) is 15.9. The minimum Gasteiger partial charge on any atom is -0.373 e. The van der Waals surface area contributed by atoms with E-state index in [0.717, 1.165) is 30.5 Å². The number of benzene rings is 1. The van der Waals surface area contributed by atoms with Gasteiger partial charge >= 0.3 is 0 Å². The minimum absolute atomic E-state index is 0.115. The lowest BCUT2D eigenvalue weighted by molar-refractivity contribution is -0.384. The van der Waals surface area contributed by atoms with Crippen molar-refractivity contribution in [3.8, 4) is 0 Å². The fourth-order valence-electron chi connectivity index (χ4n) is 3.07. The third-order valence-electron chi connectivity index (χ3n) is 3.85. The number of nitro groups is 1. The maximum Gasteiger partial charge on any atom is 0.271 e. The molecular formula is C15H19N3O3. The Hall–Kier alpha value is -1.92. The van der Waals surface area contributed by atoms with E-state index in [0.29, 0.717) is 0 Å². The molecule has 0 spiro atoms. The molecule has 112 valence electrons. The van der Waals surface area contributed by atoms with Gasteiger partial charge in [-0.15, -0.1) is 0 Å². The van der Waals surface area contributed by atoms with Crippen molar-refractivity contribution in [1.82, 2.24) is 9.88 Å². The summed E-state index contributed by atoms with van der Waals surface area (Å²) in [5, 5.41) is 11.9. The van der Waals surface area contributed by atoms with E-state index in [4.69, 9.17) is 4.74 Å². The lowest BCUT2D eigenvalue weighted by Gasteiger charge is -2.35. The van der Waals surface area contributed by atoms with Crippen LogP contribution in [-0.4, -0.2) is 40.1 Å². The number of hydrogen-bond donors (Lipinski definition) is 1. The summed E-state index contributed by atoms with van der Waals surface area (Å²) in [6, 6.07) is 4.97. The van der Waals surface area contributed by atoms with Crippen LogP contribution in [0.5, 0.6) is 0 Å². The third-order valence-corrected chi connectivity index (χ3v) is 3.85. The first-order valence-corrected chi connectivity index (χ1v) is 7.15. The van der Waals surface area contributed by atoms with E-state index in [9.17, 15) is 10.1 Å². The molecule has 6 heteroatoms. The van der Waals surface area contributed by atoms with Crippen molar-refractivity contribution in [2.24, 2.45) is 0 Å². The van der Waals surface area contributed by atoms with Crippen molar-refractivity contribution < 1.29 is 9.66 Å². The van der Waals surface area contributed by atoms with Crippen molar-refractivity contribution in [2.75, 3.05) is 13.1 Å². The van der Waals surface area contributed by atoms with Gasteiger partial charge in [0.2, 0.25) is 0 Å². The Kier molecular flexibility index (Phi) is 3.65. The van der Waals surface area contributed by atoms with Gasteiger partial charge in [-0.25, -0.2) is 0 Å². The van der Waals surface area contributed by atoms with Gasteiger partial charge in [-0.3, -0.25) is 15.0 Å². The average molecular weight is 289 g/mol. The highest BCUT2D eigenvalue weighted by atomic mass is 16.6. The third kappa shape index (κ3) is 2.91. The second-order valence-corrected chi connectivity index (χ2v) is 5.75. The molecule has 1 N–H and O–H groups in total. The summed E-state index contributed by atoms with van der Waals surface area (Å²) >= 11 is 0. The maximum absolute atomic E-state index is 10.8. The smallest absolute Gasteiger partial charge is 0.271 e. The molecule has 0 aliphatic carbocycles. The molecule has 2 aromatic rings. The van der Waals surface area contributed by atoms with Gasteiger partial charge in [0.1, 0.15) is 0 Å². The Morgan fingerprint density at radius 1 is 1.38 bits per heavy atom. The molecule has 0 amide bonds. The van der Waals surface area contributed by atoms with Crippen LogP contribution in [-0.2, 0) is 11.3 Å². The maximum atomic E-state index is 10.8. The molecule has 2 heterocycles. The second kappa shape index (κ2) is 5.46. The number of ether oxygens (including phenoxy) is 1. The lowest BCUT2D eigenvalue weighted by atomic mass is 10.1. The van der Waals surface area contributed by atoms with E-state index in [2.05, 4.69) is 23.7 Å². The first-order valence-electron chi connectivity index (χ1n) is 7.15. The predicted octanol–water partition coefficient (Wildman–Crippen LogP) is 2.69. The number of H-pyrrole nitrogens is 1. The molecule has 0 radical (unpaired) electrons. The fourth-order valence-corrected chi connectivity index (χ4v) is 3.07. The molecule has 6 nitrogen and oxygen atoms in total. The van der Waals surface area contributed by atoms with Crippen LogP contribution in [0.2, 0.25) is 0 Å². The Morgan fingerprint density at radius 3 is 2.76 bits per heavy atom. The zero-order valence-corrected chi connectivity index (χ0v) is 12.2. The Labute approximate surface area is 122 Å². The molecular weight excluding hydrogens is 270 g/mol. The molecule has 21 heavy (non-hydrogen) atoms. The van der Waals surface area contributed by atoms with E-state index in [1.54, 1.807) is 12.1 Å². The molecule has 0 saturated carbocycles. The van der Waals surface area contributed by atoms with E-state index in [1.807, 2.05) is 12.3 Å². The highest BCUT2D eigenvalue weighted by Gasteiger charge is 2.23. The minimum atomic E-state index is -0.370. The van der Waals surface area contributed by atoms with Gasteiger partial charge in [0.05, 0.1) is 22.6 Å². The van der Waals surface area contributed by atoms with Crippen LogP contribution < -0.4 is 0 Å². The molecule has 1 saturated heterocycles. The van der Waals surface area contributed by atoms with Gasteiger partial charge in [0.25, 0.3) is 5.69 Å². The highest BCUT2D eigenvalue weighted by molar-refractivity contribution is 5.85. The van der Waals surface area contributed by atoms with Gasteiger partial charge in [-0.05, 0) is 25.5 Å². The number of nitro benzene ring substituents is 1. The van der Waals surface area contributed by atoms with Crippen LogP contribution in [0, 0.1) is 10.1 Å². The average Bonchev–Trinajstić information content (AvgIpc) is 2.80. The monoisotopic (exact) mass is 289 g/mol. The van der Waals surface area contributed by atoms with Gasteiger partial charge in [0, 0.05) is 43.4 Å². The van der Waals surface area contributed by atoms with Gasteiger partial charge < -0.3 is 9.72 Å². The van der Waals surface area contributed by atoms with E-state index in [-0.39, 0.29) is 22.8 Å². The Morgan fingerprint density at radius 2 is 2.10 bits per heavy atom. The second-order valence-electron chi connectivity index (χ2n) is 5.75. The molecule has 0 bridgehead atoms. The zero-order chi connectivity index (χ0) is 15.0. The number of nitrogens with one attached hydrogen (secondary N) is 1. The first-order chi connectivity index (χ1) is 10.0. The van der Waals surface area contributed by atoms with Gasteiger partial charge in [0.15, 0.2) is 0 Å². The molecule has 3 rings (SSSR count). The van der Waals surface area contributed by atoms with Crippen LogP contribution >= 0.6 is 0 Å². The van der Waals surface area contributed by atoms with Crippen LogP contribution in [0.25, 0.3) is 10.9 Å². The fraction of sp³-hybridized carbons (Fsp3) is 0.467. The number of morpholine rings is 1. The molecule has 1 aromatic heterocycles. The SMILES string of the molecule is C[C@@H]1CN(Cc2c[nH]c3cc([N+](=O)[O-])ccc23)C[C@@H](C)O1. The molecule has 0 unspecified atom stereocenters. The number of rotatable bonds is 3. The summed E-state index contributed by atoms with van der Waals surface area (Å²) in [6.07, 6.45) is 2.42. The van der Waals surface area contributed by atoms with Gasteiger partial charge in [-0.1, -0.05) is 0 Å². The van der Waals surface area contributed by atoms with Crippen molar-refractivity contribution >= 4 is 16.6 Å². The number of non-ortho nitro benzene ring substituents is 1. The van der Waals surface area contributed by atoms with Crippen LogP contribution in [0.3, 0.4) is 0 Å². The Balaban J connectivity index is 1.83. The molecule has 2 atom stereocenters. The molecule has 1 fully saturated rings. The summed E-state index contributed by atoms with van der Waals surface area (Å²) < 4.78 is 5.74. The van der Waals surface area contributed by atoms with Crippen molar-refractivity contribution in [3.05, 3.63) is 40.1 Å². The topological polar surface area (TPSA) is 71.4 Å². The summed E-state index contributed by atoms with van der Waals surface area (Å²) in [5.41, 5.74) is 2.10.